The Labute approximate surface area is 88.9 Å². The predicted octanol–water partition coefficient (Wildman–Crippen LogP) is 4.41. The zero-order valence-corrected chi connectivity index (χ0v) is 9.02. The topological polar surface area (TPSA) is 0 Å². The number of hydrogen-bond donors (Lipinski definition) is 0. The van der Waals surface area contributed by atoms with Gasteiger partial charge in [0, 0.05) is 9.58 Å². The average molecular weight is 202 g/mol. The molecule has 2 aromatic rings. The molecule has 0 nitrogen and oxygen atoms in total. The maximum Gasteiger partial charge on any atom is 0.0345 e. The van der Waals surface area contributed by atoms with Crippen molar-refractivity contribution in [1.82, 2.24) is 0 Å². The highest BCUT2D eigenvalue weighted by Gasteiger charge is 1.99. The molecular weight excluding hydrogens is 188 g/mol. The first-order chi connectivity index (χ1) is 6.90. The van der Waals surface area contributed by atoms with Crippen molar-refractivity contribution in [3.8, 4) is 0 Å². The van der Waals surface area contributed by atoms with Gasteiger partial charge in [-0.2, -0.15) is 0 Å². The highest BCUT2D eigenvalue weighted by Crippen LogP contribution is 2.26. The summed E-state index contributed by atoms with van der Waals surface area (Å²) in [6.45, 7) is 3.74. The molecule has 1 aromatic carbocycles. The predicted molar refractivity (Wildman–Crippen MR) is 65.0 cm³/mol. The van der Waals surface area contributed by atoms with E-state index < -0.39 is 0 Å². The minimum absolute atomic E-state index is 1.12. The van der Waals surface area contributed by atoms with Gasteiger partial charge in [0.15, 0.2) is 0 Å². The number of thiophene rings is 1. The number of fused-ring (bicyclic) bond motifs is 1. The maximum absolute atomic E-state index is 3.74. The van der Waals surface area contributed by atoms with Crippen molar-refractivity contribution >= 4 is 21.4 Å². The third-order valence-electron chi connectivity index (χ3n) is 2.31. The van der Waals surface area contributed by atoms with Gasteiger partial charge in [-0.15, -0.1) is 17.9 Å². The fourth-order valence-electron chi connectivity index (χ4n) is 1.58. The lowest BCUT2D eigenvalue weighted by atomic mass is 10.2. The summed E-state index contributed by atoms with van der Waals surface area (Å²) in [6, 6.07) is 10.9. The van der Waals surface area contributed by atoms with Crippen molar-refractivity contribution < 1.29 is 0 Å². The number of unbranched alkanes of at least 4 members (excludes halogenated alkanes) is 1. The van der Waals surface area contributed by atoms with Crippen LogP contribution in [-0.2, 0) is 6.42 Å². The summed E-state index contributed by atoms with van der Waals surface area (Å²) in [5.74, 6) is 0. The lowest BCUT2D eigenvalue weighted by Gasteiger charge is -1.91. The lowest BCUT2D eigenvalue weighted by molar-refractivity contribution is 0.856. The van der Waals surface area contributed by atoms with E-state index in [9.17, 15) is 0 Å². The second-order valence-corrected chi connectivity index (χ2v) is 4.60. The molecule has 0 spiro atoms. The number of allylic oxidation sites excluding steroid dienone is 1. The molecule has 0 aliphatic rings. The summed E-state index contributed by atoms with van der Waals surface area (Å²) in [4.78, 5) is 1.49. The zero-order valence-electron chi connectivity index (χ0n) is 8.20. The summed E-state index contributed by atoms with van der Waals surface area (Å²) >= 11 is 1.91. The maximum atomic E-state index is 3.74. The van der Waals surface area contributed by atoms with Crippen LogP contribution in [0.4, 0.5) is 0 Å². The number of hydrogen-bond acceptors (Lipinski definition) is 1. The first-order valence-corrected chi connectivity index (χ1v) is 5.80. The van der Waals surface area contributed by atoms with E-state index in [1.54, 1.807) is 0 Å². The normalized spacial score (nSPS) is 10.6. The standard InChI is InChI=1S/C13H14S/c1-2-3-4-8-12-10-11-7-5-6-9-13(11)14-12/h2,5-7,9-10H,1,3-4,8H2. The van der Waals surface area contributed by atoms with Gasteiger partial charge in [0.05, 0.1) is 0 Å². The van der Waals surface area contributed by atoms with Crippen molar-refractivity contribution in [2.75, 3.05) is 0 Å². The fourth-order valence-corrected chi connectivity index (χ4v) is 2.69. The fraction of sp³-hybridized carbons (Fsp3) is 0.231. The first-order valence-electron chi connectivity index (χ1n) is 4.98. The molecule has 0 bridgehead atoms. The van der Waals surface area contributed by atoms with E-state index in [0.29, 0.717) is 0 Å². The Kier molecular flexibility index (Phi) is 3.00. The van der Waals surface area contributed by atoms with Crippen LogP contribution in [0, 0.1) is 0 Å². The molecule has 1 heterocycles. The van der Waals surface area contributed by atoms with Crippen LogP contribution in [0.3, 0.4) is 0 Å². The lowest BCUT2D eigenvalue weighted by Crippen LogP contribution is -1.77. The molecule has 0 fully saturated rings. The Morgan fingerprint density at radius 1 is 1.29 bits per heavy atom. The Hall–Kier alpha value is -1.08. The minimum atomic E-state index is 1.12. The highest BCUT2D eigenvalue weighted by molar-refractivity contribution is 7.19. The Balaban J connectivity index is 2.14. The molecule has 0 atom stereocenters. The van der Waals surface area contributed by atoms with E-state index >= 15 is 0 Å². The van der Waals surface area contributed by atoms with Crippen LogP contribution < -0.4 is 0 Å². The van der Waals surface area contributed by atoms with E-state index in [1.165, 1.54) is 27.8 Å². The van der Waals surface area contributed by atoms with Gasteiger partial charge in [-0.25, -0.2) is 0 Å². The second-order valence-electron chi connectivity index (χ2n) is 3.43. The highest BCUT2D eigenvalue weighted by atomic mass is 32.1. The van der Waals surface area contributed by atoms with Gasteiger partial charge in [-0.3, -0.25) is 0 Å². The molecule has 0 amide bonds. The van der Waals surface area contributed by atoms with Crippen LogP contribution >= 0.6 is 11.3 Å². The van der Waals surface area contributed by atoms with Gasteiger partial charge in [0.2, 0.25) is 0 Å². The minimum Gasteiger partial charge on any atom is -0.140 e. The van der Waals surface area contributed by atoms with E-state index in [2.05, 4.69) is 36.9 Å². The van der Waals surface area contributed by atoms with Crippen molar-refractivity contribution in [3.05, 3.63) is 47.9 Å². The van der Waals surface area contributed by atoms with Gasteiger partial charge >= 0.3 is 0 Å². The Morgan fingerprint density at radius 2 is 2.14 bits per heavy atom. The second kappa shape index (κ2) is 4.43. The molecule has 0 aliphatic carbocycles. The van der Waals surface area contributed by atoms with Gasteiger partial charge in [0.25, 0.3) is 0 Å². The van der Waals surface area contributed by atoms with Crippen LogP contribution in [-0.4, -0.2) is 0 Å². The summed E-state index contributed by atoms with van der Waals surface area (Å²) in [7, 11) is 0. The van der Waals surface area contributed by atoms with E-state index in [0.717, 1.165) is 6.42 Å². The van der Waals surface area contributed by atoms with Gasteiger partial charge in [0.1, 0.15) is 0 Å². The molecule has 0 radical (unpaired) electrons. The van der Waals surface area contributed by atoms with Crippen LogP contribution in [0.5, 0.6) is 0 Å². The number of rotatable bonds is 4. The molecule has 0 saturated carbocycles. The Morgan fingerprint density at radius 3 is 2.93 bits per heavy atom. The van der Waals surface area contributed by atoms with E-state index in [-0.39, 0.29) is 0 Å². The monoisotopic (exact) mass is 202 g/mol. The molecular formula is C13H14S. The molecule has 1 aromatic heterocycles. The van der Waals surface area contributed by atoms with Crippen LogP contribution in [0.25, 0.3) is 10.1 Å². The molecule has 0 saturated heterocycles. The van der Waals surface area contributed by atoms with Crippen LogP contribution in [0.15, 0.2) is 43.0 Å². The summed E-state index contributed by atoms with van der Waals surface area (Å²) < 4.78 is 1.40. The van der Waals surface area contributed by atoms with Gasteiger partial charge < -0.3 is 0 Å². The van der Waals surface area contributed by atoms with Gasteiger partial charge in [-0.1, -0.05) is 24.3 Å². The molecule has 2 rings (SSSR count). The third-order valence-corrected chi connectivity index (χ3v) is 3.48. The zero-order chi connectivity index (χ0) is 9.80. The molecule has 0 unspecified atom stereocenters. The molecule has 0 aliphatic heterocycles. The third kappa shape index (κ3) is 2.05. The van der Waals surface area contributed by atoms with Crippen molar-refractivity contribution in [3.63, 3.8) is 0 Å². The van der Waals surface area contributed by atoms with Crippen LogP contribution in [0.1, 0.15) is 17.7 Å². The number of aryl methyl sites for hydroxylation is 1. The summed E-state index contributed by atoms with van der Waals surface area (Å²) in [6.07, 6.45) is 5.52. The van der Waals surface area contributed by atoms with Gasteiger partial charge in [-0.05, 0) is 36.8 Å². The van der Waals surface area contributed by atoms with Crippen molar-refractivity contribution in [2.45, 2.75) is 19.3 Å². The van der Waals surface area contributed by atoms with Crippen LogP contribution in [0.2, 0.25) is 0 Å². The van der Waals surface area contributed by atoms with E-state index in [4.69, 9.17) is 0 Å². The largest absolute Gasteiger partial charge is 0.140 e. The molecule has 1 heteroatoms. The molecule has 14 heavy (non-hydrogen) atoms. The molecule has 72 valence electrons. The average Bonchev–Trinajstić information content (AvgIpc) is 2.60. The summed E-state index contributed by atoms with van der Waals surface area (Å²) in [5.41, 5.74) is 0. The smallest absolute Gasteiger partial charge is 0.0345 e. The molecule has 0 N–H and O–H groups in total. The first kappa shape index (κ1) is 9.47. The van der Waals surface area contributed by atoms with E-state index in [1.807, 2.05) is 17.4 Å². The summed E-state index contributed by atoms with van der Waals surface area (Å²) in [5, 5.41) is 1.38. The SMILES string of the molecule is C=CCCCc1cc2ccccc2s1. The van der Waals surface area contributed by atoms with Crippen molar-refractivity contribution in [1.29, 1.82) is 0 Å². The quantitative estimate of drug-likeness (QED) is 0.509. The Bertz CT molecular complexity index is 392. The van der Waals surface area contributed by atoms with Crippen molar-refractivity contribution in [2.24, 2.45) is 0 Å². The number of benzene rings is 1.